The first-order valence-corrected chi connectivity index (χ1v) is 6.09. The lowest BCUT2D eigenvalue weighted by molar-refractivity contribution is -0.139. The fourth-order valence-electron chi connectivity index (χ4n) is 1.16. The highest BCUT2D eigenvalue weighted by atomic mass is 32.2. The van der Waals surface area contributed by atoms with E-state index < -0.39 is 16.8 Å². The highest BCUT2D eigenvalue weighted by molar-refractivity contribution is 7.99. The van der Waals surface area contributed by atoms with Crippen LogP contribution >= 0.6 is 11.8 Å². The molecule has 0 saturated heterocycles. The molecule has 8 nitrogen and oxygen atoms in total. The summed E-state index contributed by atoms with van der Waals surface area (Å²) in [6.07, 6.45) is 0. The molecule has 0 aromatic carbocycles. The third-order valence-electron chi connectivity index (χ3n) is 2.30. The molecule has 0 spiro atoms. The van der Waals surface area contributed by atoms with Gasteiger partial charge in [-0.1, -0.05) is 0 Å². The first kappa shape index (κ1) is 14.5. The fourth-order valence-corrected chi connectivity index (χ4v) is 2.07. The molecule has 9 heteroatoms. The van der Waals surface area contributed by atoms with Gasteiger partial charge in [0.05, 0.1) is 5.75 Å². The summed E-state index contributed by atoms with van der Waals surface area (Å²) < 4.78 is -0.665. The van der Waals surface area contributed by atoms with Crippen LogP contribution in [0.1, 0.15) is 19.7 Å². The molecule has 1 atom stereocenters. The van der Waals surface area contributed by atoms with Crippen molar-refractivity contribution in [3.05, 3.63) is 5.82 Å². The summed E-state index contributed by atoms with van der Waals surface area (Å²) in [5, 5.41) is 8.88. The van der Waals surface area contributed by atoms with Gasteiger partial charge in [-0.2, -0.15) is 15.0 Å². The standard InChI is InChI=1S/C9H16N6O2S/c1-9(2,5(10)6(16)17)18-3-4-13-7(11)15-8(12)14-4/h5H,3,10H2,1-2H3,(H,16,17)(H4,11,12,13,14,15)/t5-/m1/s1. The van der Waals surface area contributed by atoms with Crippen molar-refractivity contribution in [2.24, 2.45) is 5.73 Å². The minimum Gasteiger partial charge on any atom is -0.480 e. The van der Waals surface area contributed by atoms with Gasteiger partial charge in [-0.3, -0.25) is 4.79 Å². The molecule has 1 heterocycles. The summed E-state index contributed by atoms with van der Waals surface area (Å²) in [5.74, 6) is -0.222. The summed E-state index contributed by atoms with van der Waals surface area (Å²) in [7, 11) is 0. The molecule has 0 aliphatic carbocycles. The van der Waals surface area contributed by atoms with Crippen molar-refractivity contribution in [2.75, 3.05) is 11.5 Å². The molecule has 0 radical (unpaired) electrons. The summed E-state index contributed by atoms with van der Waals surface area (Å²) in [6.45, 7) is 3.48. The van der Waals surface area contributed by atoms with Crippen LogP contribution in [0.15, 0.2) is 0 Å². The molecule has 0 aliphatic rings. The van der Waals surface area contributed by atoms with E-state index in [1.54, 1.807) is 13.8 Å². The molecule has 0 saturated carbocycles. The summed E-state index contributed by atoms with van der Waals surface area (Å²) >= 11 is 1.32. The number of hydrogen-bond acceptors (Lipinski definition) is 8. The lowest BCUT2D eigenvalue weighted by Gasteiger charge is -2.27. The third kappa shape index (κ3) is 3.70. The number of aromatic nitrogens is 3. The molecule has 0 fully saturated rings. The number of carboxylic acid groups (broad SMARTS) is 1. The molecule has 0 bridgehead atoms. The zero-order valence-corrected chi connectivity index (χ0v) is 10.9. The van der Waals surface area contributed by atoms with E-state index in [-0.39, 0.29) is 11.9 Å². The van der Waals surface area contributed by atoms with Crippen molar-refractivity contribution < 1.29 is 9.90 Å². The number of nitrogens with two attached hydrogens (primary N) is 3. The average molecular weight is 272 g/mol. The van der Waals surface area contributed by atoms with Crippen LogP contribution in [0.25, 0.3) is 0 Å². The second kappa shape index (κ2) is 5.36. The molecule has 1 rings (SSSR count). The number of carbonyl (C=O) groups is 1. The van der Waals surface area contributed by atoms with Crippen LogP contribution in [-0.2, 0) is 10.5 Å². The van der Waals surface area contributed by atoms with Gasteiger partial charge in [0.15, 0.2) is 0 Å². The van der Waals surface area contributed by atoms with Crippen LogP contribution in [0.2, 0.25) is 0 Å². The van der Waals surface area contributed by atoms with Gasteiger partial charge in [0.25, 0.3) is 0 Å². The van der Waals surface area contributed by atoms with E-state index >= 15 is 0 Å². The lowest BCUT2D eigenvalue weighted by atomic mass is 10.1. The second-order valence-corrected chi connectivity index (χ2v) is 5.81. The summed E-state index contributed by atoms with van der Waals surface area (Å²) in [5.41, 5.74) is 16.5. The number of thioether (sulfide) groups is 1. The van der Waals surface area contributed by atoms with E-state index in [0.29, 0.717) is 11.6 Å². The van der Waals surface area contributed by atoms with Crippen LogP contribution in [0.5, 0.6) is 0 Å². The van der Waals surface area contributed by atoms with Crippen molar-refractivity contribution in [2.45, 2.75) is 30.4 Å². The Hall–Kier alpha value is -1.61. The molecule has 0 aliphatic heterocycles. The maximum Gasteiger partial charge on any atom is 0.321 e. The van der Waals surface area contributed by atoms with Gasteiger partial charge in [-0.15, -0.1) is 11.8 Å². The zero-order chi connectivity index (χ0) is 13.9. The first-order chi connectivity index (χ1) is 8.22. The topological polar surface area (TPSA) is 154 Å². The minimum absolute atomic E-state index is 0.0402. The number of aliphatic carboxylic acids is 1. The number of nitrogens with zero attached hydrogens (tertiary/aromatic N) is 3. The van der Waals surface area contributed by atoms with E-state index in [0.717, 1.165) is 0 Å². The lowest BCUT2D eigenvalue weighted by Crippen LogP contribution is -2.46. The van der Waals surface area contributed by atoms with Crippen LogP contribution in [0.4, 0.5) is 11.9 Å². The molecule has 0 amide bonds. The van der Waals surface area contributed by atoms with E-state index in [1.165, 1.54) is 11.8 Å². The quantitative estimate of drug-likeness (QED) is 0.553. The maximum absolute atomic E-state index is 10.8. The average Bonchev–Trinajstić information content (AvgIpc) is 2.24. The smallest absolute Gasteiger partial charge is 0.321 e. The summed E-state index contributed by atoms with van der Waals surface area (Å²) in [4.78, 5) is 22.3. The number of carboxylic acids is 1. The molecular formula is C9H16N6O2S. The Labute approximate surface area is 108 Å². The van der Waals surface area contributed by atoms with Crippen LogP contribution in [-0.4, -0.2) is 36.8 Å². The van der Waals surface area contributed by atoms with Crippen molar-refractivity contribution in [3.63, 3.8) is 0 Å². The van der Waals surface area contributed by atoms with E-state index in [9.17, 15) is 4.79 Å². The Morgan fingerprint density at radius 2 is 1.83 bits per heavy atom. The third-order valence-corrected chi connectivity index (χ3v) is 3.71. The fraction of sp³-hybridized carbons (Fsp3) is 0.556. The molecular weight excluding hydrogens is 256 g/mol. The molecule has 18 heavy (non-hydrogen) atoms. The molecule has 1 aromatic heterocycles. The van der Waals surface area contributed by atoms with E-state index in [2.05, 4.69) is 15.0 Å². The molecule has 0 unspecified atom stereocenters. The minimum atomic E-state index is -1.05. The number of anilines is 2. The monoisotopic (exact) mass is 272 g/mol. The van der Waals surface area contributed by atoms with Gasteiger partial charge < -0.3 is 22.3 Å². The van der Waals surface area contributed by atoms with E-state index in [4.69, 9.17) is 22.3 Å². The van der Waals surface area contributed by atoms with Gasteiger partial charge in [0.2, 0.25) is 11.9 Å². The molecule has 1 aromatic rings. The maximum atomic E-state index is 10.8. The Kier molecular flexibility index (Phi) is 4.30. The zero-order valence-electron chi connectivity index (χ0n) is 10.1. The highest BCUT2D eigenvalue weighted by Gasteiger charge is 2.32. The van der Waals surface area contributed by atoms with Crippen molar-refractivity contribution in [1.82, 2.24) is 15.0 Å². The van der Waals surface area contributed by atoms with Gasteiger partial charge in [-0.25, -0.2) is 0 Å². The van der Waals surface area contributed by atoms with Crippen molar-refractivity contribution in [1.29, 1.82) is 0 Å². The predicted molar refractivity (Wildman–Crippen MR) is 69.6 cm³/mol. The SMILES string of the molecule is CC(C)(SCc1nc(N)nc(N)n1)[C@H](N)C(=O)O. The normalized spacial score (nSPS) is 13.3. The second-order valence-electron chi connectivity index (χ2n) is 4.18. The van der Waals surface area contributed by atoms with Crippen molar-refractivity contribution >= 4 is 29.6 Å². The van der Waals surface area contributed by atoms with Crippen LogP contribution in [0, 0.1) is 0 Å². The summed E-state index contributed by atoms with van der Waals surface area (Å²) in [6, 6.07) is -0.987. The number of rotatable bonds is 5. The van der Waals surface area contributed by atoms with Crippen LogP contribution in [0.3, 0.4) is 0 Å². The van der Waals surface area contributed by atoms with Crippen molar-refractivity contribution in [3.8, 4) is 0 Å². The van der Waals surface area contributed by atoms with E-state index in [1.807, 2.05) is 0 Å². The number of nitrogen functional groups attached to an aromatic ring is 2. The Morgan fingerprint density at radius 3 is 2.28 bits per heavy atom. The van der Waals surface area contributed by atoms with Gasteiger partial charge in [0, 0.05) is 4.75 Å². The molecule has 100 valence electrons. The highest BCUT2D eigenvalue weighted by Crippen LogP contribution is 2.29. The Balaban J connectivity index is 2.72. The van der Waals surface area contributed by atoms with Crippen LogP contribution < -0.4 is 17.2 Å². The predicted octanol–water partition coefficient (Wildman–Crippen LogP) is -0.540. The Morgan fingerprint density at radius 1 is 1.33 bits per heavy atom. The van der Waals surface area contributed by atoms with Gasteiger partial charge in [-0.05, 0) is 13.8 Å². The van der Waals surface area contributed by atoms with Gasteiger partial charge in [0.1, 0.15) is 11.9 Å². The number of hydrogen-bond donors (Lipinski definition) is 4. The Bertz CT molecular complexity index is 432. The largest absolute Gasteiger partial charge is 0.480 e. The molecule has 7 N–H and O–H groups in total. The first-order valence-electron chi connectivity index (χ1n) is 5.10. The van der Waals surface area contributed by atoms with Gasteiger partial charge >= 0.3 is 5.97 Å².